The Labute approximate surface area is 145 Å². The molecule has 0 amide bonds. The van der Waals surface area contributed by atoms with E-state index in [1.165, 1.54) is 5.39 Å². The summed E-state index contributed by atoms with van der Waals surface area (Å²) >= 11 is 4.31. The number of benzene rings is 2. The van der Waals surface area contributed by atoms with Crippen molar-refractivity contribution >= 4 is 23.4 Å². The Morgan fingerprint density at radius 2 is 1.95 bits per heavy atom. The molecule has 108 valence electrons. The van der Waals surface area contributed by atoms with E-state index in [4.69, 9.17) is 5.11 Å². The molecule has 1 aromatic heterocycles. The third-order valence-electron chi connectivity index (χ3n) is 2.61. The largest absolute Gasteiger partial charge is 2.00 e. The third kappa shape index (κ3) is 6.01. The predicted molar refractivity (Wildman–Crippen MR) is 86.6 cm³/mol. The first-order valence-corrected chi connectivity index (χ1v) is 6.33. The number of rotatable bonds is 1. The van der Waals surface area contributed by atoms with Crippen molar-refractivity contribution in [2.45, 2.75) is 11.5 Å². The first kappa shape index (κ1) is 19.8. The molecule has 0 radical (unpaired) electrons. The molecule has 0 bridgehead atoms. The molecule has 4 heteroatoms. The molecule has 0 saturated heterocycles. The van der Waals surface area contributed by atoms with E-state index in [-0.39, 0.29) is 35.1 Å². The van der Waals surface area contributed by atoms with E-state index < -0.39 is 0 Å². The summed E-state index contributed by atoms with van der Waals surface area (Å²) in [6, 6.07) is 18.1. The van der Waals surface area contributed by atoms with Crippen LogP contribution in [0.1, 0.15) is 5.56 Å². The molecule has 0 aliphatic carbocycles. The van der Waals surface area contributed by atoms with Gasteiger partial charge in [0.25, 0.3) is 0 Å². The Morgan fingerprint density at radius 3 is 2.52 bits per heavy atom. The van der Waals surface area contributed by atoms with E-state index in [1.807, 2.05) is 36.5 Å². The first-order valence-electron chi connectivity index (χ1n) is 5.89. The summed E-state index contributed by atoms with van der Waals surface area (Å²) in [5, 5.41) is 10.8. The monoisotopic (exact) mass is 467 g/mol. The van der Waals surface area contributed by atoms with E-state index in [2.05, 4.69) is 29.7 Å². The fourth-order valence-corrected chi connectivity index (χ4v) is 1.90. The molecule has 3 aromatic rings. The number of aliphatic hydroxyl groups excluding tert-OH is 1. The summed E-state index contributed by atoms with van der Waals surface area (Å²) in [6.45, 7) is 0.108. The van der Waals surface area contributed by atoms with Gasteiger partial charge in [-0.2, -0.15) is 30.3 Å². The van der Waals surface area contributed by atoms with Crippen LogP contribution in [0.3, 0.4) is 0 Å². The minimum absolute atomic E-state index is 0. The molecule has 0 fully saturated rings. The van der Waals surface area contributed by atoms with Crippen LogP contribution in [0.15, 0.2) is 65.8 Å². The third-order valence-corrected chi connectivity index (χ3v) is 3.00. The minimum atomic E-state index is 0. The molecule has 0 unspecified atom stereocenters. The summed E-state index contributed by atoms with van der Waals surface area (Å²) < 4.78 is 0. The average Bonchev–Trinajstić information content (AvgIpc) is 2.49. The van der Waals surface area contributed by atoms with Crippen molar-refractivity contribution < 1.29 is 26.2 Å². The molecule has 21 heavy (non-hydrogen) atoms. The Hall–Kier alpha value is -1.15. The topological polar surface area (TPSA) is 33.1 Å². The maximum absolute atomic E-state index is 8.52. The number of fused-ring (bicyclic) bond motifs is 1. The average molecular weight is 467 g/mol. The van der Waals surface area contributed by atoms with Crippen LogP contribution < -0.4 is 0 Å². The second kappa shape index (κ2) is 10.6. The molecule has 0 spiro atoms. The number of aliphatic hydroxyl groups is 1. The molecular formula is C17H17NOSW. The van der Waals surface area contributed by atoms with Gasteiger partial charge in [-0.1, -0.05) is 12.1 Å². The SMILES string of the molecule is OCc1c[c-]ccc1.Sc1cccc2ccncc12.[CH3-].[W+2]. The van der Waals surface area contributed by atoms with Crippen molar-refractivity contribution in [2.75, 3.05) is 0 Å². The van der Waals surface area contributed by atoms with Gasteiger partial charge in [-0.05, 0) is 17.5 Å². The molecule has 2 aromatic carbocycles. The molecule has 1 heterocycles. The van der Waals surface area contributed by atoms with Crippen molar-refractivity contribution in [3.63, 3.8) is 0 Å². The van der Waals surface area contributed by atoms with Crippen LogP contribution in [0, 0.1) is 13.5 Å². The van der Waals surface area contributed by atoms with Crippen LogP contribution in [0.25, 0.3) is 10.8 Å². The van der Waals surface area contributed by atoms with Crippen LogP contribution in [0.5, 0.6) is 0 Å². The maximum atomic E-state index is 8.52. The van der Waals surface area contributed by atoms with E-state index in [0.29, 0.717) is 0 Å². The van der Waals surface area contributed by atoms with Gasteiger partial charge in [0.05, 0.1) is 0 Å². The number of aromatic nitrogens is 1. The molecule has 2 nitrogen and oxygen atoms in total. The zero-order valence-electron chi connectivity index (χ0n) is 11.7. The van der Waals surface area contributed by atoms with E-state index >= 15 is 0 Å². The fourth-order valence-electron chi connectivity index (χ4n) is 1.63. The molecular weight excluding hydrogens is 450 g/mol. The Balaban J connectivity index is 0.000000363. The zero-order chi connectivity index (χ0) is 13.5. The summed E-state index contributed by atoms with van der Waals surface area (Å²) in [7, 11) is 0. The Morgan fingerprint density at radius 1 is 1.14 bits per heavy atom. The number of nitrogens with zero attached hydrogens (tertiary/aromatic N) is 1. The number of pyridine rings is 1. The van der Waals surface area contributed by atoms with Crippen molar-refractivity contribution in [1.29, 1.82) is 0 Å². The number of thiol groups is 1. The number of hydrogen-bond donors (Lipinski definition) is 2. The van der Waals surface area contributed by atoms with Gasteiger partial charge in [0.1, 0.15) is 0 Å². The van der Waals surface area contributed by atoms with Gasteiger partial charge < -0.3 is 12.5 Å². The Kier molecular flexibility index (Phi) is 9.98. The molecule has 0 aliphatic heterocycles. The van der Waals surface area contributed by atoms with Crippen LogP contribution in [-0.2, 0) is 27.7 Å². The van der Waals surface area contributed by atoms with Crippen molar-refractivity contribution in [3.8, 4) is 0 Å². The van der Waals surface area contributed by atoms with E-state index in [9.17, 15) is 0 Å². The summed E-state index contributed by atoms with van der Waals surface area (Å²) in [6.07, 6.45) is 3.62. The summed E-state index contributed by atoms with van der Waals surface area (Å²) in [5.74, 6) is 0. The normalized spacial score (nSPS) is 8.86. The molecule has 0 saturated carbocycles. The van der Waals surface area contributed by atoms with Gasteiger partial charge in [-0.25, -0.2) is 0 Å². The van der Waals surface area contributed by atoms with Gasteiger partial charge in [0, 0.05) is 29.3 Å². The van der Waals surface area contributed by atoms with Gasteiger partial charge in [0.15, 0.2) is 0 Å². The van der Waals surface area contributed by atoms with Crippen LogP contribution >= 0.6 is 12.6 Å². The Bertz CT molecular complexity index is 641. The van der Waals surface area contributed by atoms with Gasteiger partial charge in [-0.3, -0.25) is 4.98 Å². The fraction of sp³-hybridized carbons (Fsp3) is 0.0588. The van der Waals surface area contributed by atoms with Crippen molar-refractivity contribution in [2.24, 2.45) is 0 Å². The zero-order valence-corrected chi connectivity index (χ0v) is 15.6. The van der Waals surface area contributed by atoms with Crippen LogP contribution in [0.2, 0.25) is 0 Å². The summed E-state index contributed by atoms with van der Waals surface area (Å²) in [5.41, 5.74) is 0.910. The minimum Gasteiger partial charge on any atom is -0.404 e. The van der Waals surface area contributed by atoms with Gasteiger partial charge >= 0.3 is 21.1 Å². The molecule has 0 atom stereocenters. The van der Waals surface area contributed by atoms with E-state index in [1.54, 1.807) is 18.3 Å². The second-order valence-corrected chi connectivity index (χ2v) is 4.43. The smallest absolute Gasteiger partial charge is 0.404 e. The summed E-state index contributed by atoms with van der Waals surface area (Å²) in [4.78, 5) is 5.01. The quantitative estimate of drug-likeness (QED) is 0.420. The van der Waals surface area contributed by atoms with Crippen molar-refractivity contribution in [3.05, 3.63) is 80.0 Å². The van der Waals surface area contributed by atoms with Gasteiger partial charge in [0.2, 0.25) is 0 Å². The first-order chi connectivity index (χ1) is 9.31. The van der Waals surface area contributed by atoms with Crippen LogP contribution in [-0.4, -0.2) is 10.1 Å². The standard InChI is InChI=1S/C9H7NS.C7H7O.CH3.W/c11-9-3-1-2-7-4-5-10-6-8(7)9;8-6-7-4-2-1-3-5-7;;/h1-6,11H;1-2,4-5,8H,6H2;1H3;/q;2*-1;+2. The predicted octanol–water partition coefficient (Wildman–Crippen LogP) is 3.95. The second-order valence-electron chi connectivity index (χ2n) is 3.94. The van der Waals surface area contributed by atoms with Gasteiger partial charge in [-0.15, -0.1) is 18.2 Å². The molecule has 1 N–H and O–H groups in total. The molecule has 0 aliphatic rings. The van der Waals surface area contributed by atoms with Crippen molar-refractivity contribution in [1.82, 2.24) is 4.98 Å². The maximum Gasteiger partial charge on any atom is 2.00 e. The van der Waals surface area contributed by atoms with Crippen LogP contribution in [0.4, 0.5) is 0 Å². The van der Waals surface area contributed by atoms with E-state index in [0.717, 1.165) is 15.8 Å². The molecule has 3 rings (SSSR count). The number of hydrogen-bond acceptors (Lipinski definition) is 3.